The molecule has 4 aromatic rings. The van der Waals surface area contributed by atoms with Crippen LogP contribution in [-0.2, 0) is 32.6 Å². The van der Waals surface area contributed by atoms with E-state index in [2.05, 4.69) is 5.32 Å². The van der Waals surface area contributed by atoms with Crippen molar-refractivity contribution in [3.05, 3.63) is 129 Å². The van der Waals surface area contributed by atoms with Crippen molar-refractivity contribution < 1.29 is 18.0 Å². The van der Waals surface area contributed by atoms with Gasteiger partial charge in [0, 0.05) is 24.5 Å². The van der Waals surface area contributed by atoms with Gasteiger partial charge < -0.3 is 10.2 Å². The maximum Gasteiger partial charge on any atom is 0.264 e. The third-order valence-corrected chi connectivity index (χ3v) is 9.94. The predicted octanol–water partition coefficient (Wildman–Crippen LogP) is 7.40. The van der Waals surface area contributed by atoms with Crippen LogP contribution in [0.3, 0.4) is 0 Å². The van der Waals surface area contributed by atoms with Gasteiger partial charge in [-0.15, -0.1) is 0 Å². The van der Waals surface area contributed by atoms with Gasteiger partial charge in [-0.25, -0.2) is 8.42 Å². The van der Waals surface area contributed by atoms with Crippen molar-refractivity contribution in [3.63, 3.8) is 0 Å². The van der Waals surface area contributed by atoms with Crippen LogP contribution in [0.1, 0.15) is 30.9 Å². The van der Waals surface area contributed by atoms with E-state index in [4.69, 9.17) is 34.8 Å². The summed E-state index contributed by atoms with van der Waals surface area (Å²) in [6.07, 6.45) is 1.86. The van der Waals surface area contributed by atoms with Crippen LogP contribution in [0, 0.1) is 0 Å². The molecular formula is C34H34Cl3N3O4S. The molecule has 2 amide bonds. The summed E-state index contributed by atoms with van der Waals surface area (Å²) in [6, 6.07) is 27.5. The molecule has 0 saturated carbocycles. The van der Waals surface area contributed by atoms with E-state index in [0.717, 1.165) is 22.7 Å². The number of hydrogen-bond donors (Lipinski definition) is 1. The van der Waals surface area contributed by atoms with Crippen molar-refractivity contribution >= 4 is 62.3 Å². The molecule has 0 fully saturated rings. The Labute approximate surface area is 279 Å². The Hall–Kier alpha value is -3.56. The van der Waals surface area contributed by atoms with E-state index in [9.17, 15) is 18.0 Å². The lowest BCUT2D eigenvalue weighted by Gasteiger charge is -2.34. The Morgan fingerprint density at radius 3 is 2.07 bits per heavy atom. The highest BCUT2D eigenvalue weighted by Gasteiger charge is 2.34. The molecule has 4 rings (SSSR count). The van der Waals surface area contributed by atoms with Crippen LogP contribution in [0.4, 0.5) is 5.69 Å². The summed E-state index contributed by atoms with van der Waals surface area (Å²) in [4.78, 5) is 29.6. The minimum Gasteiger partial charge on any atom is -0.354 e. The van der Waals surface area contributed by atoms with Gasteiger partial charge in [0.1, 0.15) is 12.6 Å². The summed E-state index contributed by atoms with van der Waals surface area (Å²) in [7, 11) is -4.22. The normalized spacial score (nSPS) is 11.9. The second-order valence-corrected chi connectivity index (χ2v) is 13.5. The summed E-state index contributed by atoms with van der Waals surface area (Å²) in [5, 5.41) is 3.99. The second-order valence-electron chi connectivity index (χ2n) is 10.4. The van der Waals surface area contributed by atoms with Crippen molar-refractivity contribution in [1.82, 2.24) is 10.2 Å². The number of nitrogens with zero attached hydrogens (tertiary/aromatic N) is 2. The molecule has 1 atom stereocenters. The first-order valence-electron chi connectivity index (χ1n) is 14.5. The number of halogens is 3. The highest BCUT2D eigenvalue weighted by Crippen LogP contribution is 2.27. The Balaban J connectivity index is 1.78. The first-order valence-corrected chi connectivity index (χ1v) is 17.1. The molecule has 0 saturated heterocycles. The summed E-state index contributed by atoms with van der Waals surface area (Å²) in [6.45, 7) is 1.88. The van der Waals surface area contributed by atoms with E-state index in [1.807, 2.05) is 37.3 Å². The lowest BCUT2D eigenvalue weighted by molar-refractivity contribution is -0.140. The zero-order chi connectivity index (χ0) is 32.4. The van der Waals surface area contributed by atoms with Crippen LogP contribution in [0.2, 0.25) is 15.1 Å². The Bertz CT molecular complexity index is 1690. The lowest BCUT2D eigenvalue weighted by Crippen LogP contribution is -2.53. The number of sulfonamides is 1. The van der Waals surface area contributed by atoms with Crippen LogP contribution >= 0.6 is 34.8 Å². The van der Waals surface area contributed by atoms with E-state index in [1.165, 1.54) is 29.2 Å². The first-order chi connectivity index (χ1) is 21.6. The monoisotopic (exact) mass is 685 g/mol. The van der Waals surface area contributed by atoms with Crippen LogP contribution in [-0.4, -0.2) is 44.3 Å². The molecule has 0 aliphatic heterocycles. The number of hydrogen-bond acceptors (Lipinski definition) is 4. The fourth-order valence-corrected chi connectivity index (χ4v) is 6.61. The van der Waals surface area contributed by atoms with Gasteiger partial charge in [0.25, 0.3) is 10.0 Å². The summed E-state index contributed by atoms with van der Waals surface area (Å²) >= 11 is 18.5. The van der Waals surface area contributed by atoms with Gasteiger partial charge in [-0.2, -0.15) is 0 Å². The number of rotatable bonds is 14. The van der Waals surface area contributed by atoms with Crippen molar-refractivity contribution in [2.45, 2.75) is 43.7 Å². The number of carbonyl (C=O) groups excluding carboxylic acids is 2. The number of amides is 2. The molecule has 0 aliphatic rings. The third kappa shape index (κ3) is 9.23. The van der Waals surface area contributed by atoms with Gasteiger partial charge in [0.15, 0.2) is 0 Å². The molecule has 0 aliphatic carbocycles. The van der Waals surface area contributed by atoms with Crippen molar-refractivity contribution in [3.8, 4) is 0 Å². The quantitative estimate of drug-likeness (QED) is 0.140. The van der Waals surface area contributed by atoms with E-state index >= 15 is 0 Å². The molecule has 45 heavy (non-hydrogen) atoms. The number of benzene rings is 4. The average molecular weight is 687 g/mol. The average Bonchev–Trinajstić information content (AvgIpc) is 3.04. The Kier molecular flexibility index (Phi) is 12.3. The molecule has 0 spiro atoms. The molecule has 1 N–H and O–H groups in total. The maximum atomic E-state index is 14.4. The van der Waals surface area contributed by atoms with Gasteiger partial charge in [-0.3, -0.25) is 13.9 Å². The second kappa shape index (κ2) is 16.1. The number of unbranched alkanes of at least 4 members (excludes halogenated alkanes) is 1. The van der Waals surface area contributed by atoms with Crippen LogP contribution in [0.25, 0.3) is 0 Å². The lowest BCUT2D eigenvalue weighted by atomic mass is 10.0. The summed E-state index contributed by atoms with van der Waals surface area (Å²) in [5.41, 5.74) is 1.76. The molecule has 11 heteroatoms. The van der Waals surface area contributed by atoms with Crippen molar-refractivity contribution in [2.24, 2.45) is 0 Å². The first kappa shape index (κ1) is 34.3. The highest BCUT2D eigenvalue weighted by molar-refractivity contribution is 7.92. The van der Waals surface area contributed by atoms with Gasteiger partial charge in [0.2, 0.25) is 11.8 Å². The smallest absolute Gasteiger partial charge is 0.264 e. The molecule has 7 nitrogen and oxygen atoms in total. The van der Waals surface area contributed by atoms with Crippen LogP contribution < -0.4 is 9.62 Å². The van der Waals surface area contributed by atoms with E-state index in [-0.39, 0.29) is 23.8 Å². The minimum absolute atomic E-state index is 0.0158. The SMILES string of the molecule is CCCCNC(=O)[C@@H](Cc1ccccc1)N(Cc1ccc(Cl)c(Cl)c1)C(=O)CN(c1ccccc1)S(=O)(=O)c1ccc(Cl)cc1. The number of anilines is 1. The predicted molar refractivity (Wildman–Crippen MR) is 181 cm³/mol. The van der Waals surface area contributed by atoms with Crippen LogP contribution in [0.15, 0.2) is 108 Å². The molecule has 0 radical (unpaired) electrons. The van der Waals surface area contributed by atoms with Crippen LogP contribution in [0.5, 0.6) is 0 Å². The van der Waals surface area contributed by atoms with Crippen molar-refractivity contribution in [2.75, 3.05) is 17.4 Å². The molecule has 0 unspecified atom stereocenters. The van der Waals surface area contributed by atoms with Gasteiger partial charge in [-0.05, 0) is 66.1 Å². The topological polar surface area (TPSA) is 86.8 Å². The standard InChI is InChI=1S/C34H34Cl3N3O4S/c1-2-3-20-38-34(42)32(22-25-10-6-4-7-11-25)39(23-26-14-19-30(36)31(37)21-26)33(41)24-40(28-12-8-5-9-13-28)45(43,44)29-17-15-27(35)16-18-29/h4-19,21,32H,2-3,20,22-24H2,1H3,(H,38,42)/t32-/m1/s1. The Morgan fingerprint density at radius 2 is 1.44 bits per heavy atom. The van der Waals surface area contributed by atoms with E-state index < -0.39 is 28.5 Å². The molecular weight excluding hydrogens is 653 g/mol. The maximum absolute atomic E-state index is 14.4. The number of nitrogens with one attached hydrogen (secondary N) is 1. The van der Waals surface area contributed by atoms with E-state index in [0.29, 0.717) is 32.9 Å². The van der Waals surface area contributed by atoms with Crippen molar-refractivity contribution in [1.29, 1.82) is 0 Å². The summed E-state index contributed by atoms with van der Waals surface area (Å²) < 4.78 is 29.1. The number of carbonyl (C=O) groups is 2. The highest BCUT2D eigenvalue weighted by atomic mass is 35.5. The third-order valence-electron chi connectivity index (χ3n) is 7.16. The molecule has 0 aromatic heterocycles. The molecule has 0 heterocycles. The fourth-order valence-electron chi connectivity index (χ4n) is 4.75. The molecule has 0 bridgehead atoms. The van der Waals surface area contributed by atoms with E-state index in [1.54, 1.807) is 48.5 Å². The summed E-state index contributed by atoms with van der Waals surface area (Å²) in [5.74, 6) is -0.915. The largest absolute Gasteiger partial charge is 0.354 e. The zero-order valence-corrected chi connectivity index (χ0v) is 27.8. The fraction of sp³-hybridized carbons (Fsp3) is 0.235. The minimum atomic E-state index is -4.22. The Morgan fingerprint density at radius 1 is 0.800 bits per heavy atom. The molecule has 236 valence electrons. The van der Waals surface area contributed by atoms with Gasteiger partial charge in [-0.1, -0.05) is 103 Å². The zero-order valence-electron chi connectivity index (χ0n) is 24.7. The van der Waals surface area contributed by atoms with Gasteiger partial charge in [0.05, 0.1) is 20.6 Å². The number of para-hydroxylation sites is 1. The van der Waals surface area contributed by atoms with Gasteiger partial charge >= 0.3 is 0 Å². The molecule has 4 aromatic carbocycles.